The molecule has 9 heteroatoms. The molecule has 2 amide bonds. The molecular formula is C14H16FN3O5. The zero-order valence-corrected chi connectivity index (χ0v) is 12.2. The molecule has 8 nitrogen and oxygen atoms in total. The van der Waals surface area contributed by atoms with Crippen LogP contribution >= 0.6 is 0 Å². The summed E-state index contributed by atoms with van der Waals surface area (Å²) in [6.07, 6.45) is 0.320. The first-order valence-corrected chi connectivity index (χ1v) is 6.78. The monoisotopic (exact) mass is 325 g/mol. The maximum atomic E-state index is 13.5. The lowest BCUT2D eigenvalue weighted by molar-refractivity contribution is -0.258. The summed E-state index contributed by atoms with van der Waals surface area (Å²) in [5.74, 6) is -5.36. The number of nitrogens with zero attached hydrogens (tertiary/aromatic N) is 1. The van der Waals surface area contributed by atoms with E-state index in [-0.39, 0.29) is 29.7 Å². The van der Waals surface area contributed by atoms with E-state index < -0.39 is 29.6 Å². The van der Waals surface area contributed by atoms with E-state index in [0.29, 0.717) is 11.2 Å². The van der Waals surface area contributed by atoms with Crippen LogP contribution in [0.25, 0.3) is 0 Å². The van der Waals surface area contributed by atoms with Crippen molar-refractivity contribution in [1.82, 2.24) is 10.2 Å². The van der Waals surface area contributed by atoms with Gasteiger partial charge in [-0.25, -0.2) is 4.39 Å². The smallest absolute Gasteiger partial charge is 0.281 e. The standard InChI is InChI=1S/C14H16FN3O5/c1-17-12(20)10(3-2-4-19)18-13(21)8-5-7(15)6-9(16)11(8)14(18,22)23/h4-6,10,22-23H,2-3,16H2,1H3,(H,17,20). The second-order valence-electron chi connectivity index (χ2n) is 5.10. The van der Waals surface area contributed by atoms with E-state index in [4.69, 9.17) is 5.73 Å². The highest BCUT2D eigenvalue weighted by molar-refractivity contribution is 6.03. The minimum absolute atomic E-state index is 0.0852. The van der Waals surface area contributed by atoms with E-state index in [2.05, 4.69) is 5.32 Å². The van der Waals surface area contributed by atoms with Gasteiger partial charge in [0.1, 0.15) is 18.1 Å². The fraction of sp³-hybridized carbons (Fsp3) is 0.357. The number of aliphatic hydroxyl groups is 2. The van der Waals surface area contributed by atoms with Crippen LogP contribution in [0.1, 0.15) is 28.8 Å². The second kappa shape index (κ2) is 5.94. The number of likely N-dealkylation sites (N-methyl/N-ethyl adjacent to an activating group) is 1. The van der Waals surface area contributed by atoms with Crippen LogP contribution in [0, 0.1) is 5.82 Å². The van der Waals surface area contributed by atoms with Gasteiger partial charge in [0, 0.05) is 19.2 Å². The normalized spacial score (nSPS) is 16.9. The summed E-state index contributed by atoms with van der Waals surface area (Å²) in [6, 6.07) is 0.329. The zero-order valence-electron chi connectivity index (χ0n) is 12.2. The van der Waals surface area contributed by atoms with Gasteiger partial charge in [0.05, 0.1) is 11.1 Å². The fourth-order valence-electron chi connectivity index (χ4n) is 2.69. The molecule has 0 aromatic heterocycles. The maximum absolute atomic E-state index is 13.5. The van der Waals surface area contributed by atoms with Crippen molar-refractivity contribution in [1.29, 1.82) is 0 Å². The Morgan fingerprint density at radius 3 is 2.74 bits per heavy atom. The van der Waals surface area contributed by atoms with Crippen LogP contribution < -0.4 is 11.1 Å². The molecule has 2 rings (SSSR count). The Hall–Kier alpha value is -2.52. The molecular weight excluding hydrogens is 309 g/mol. The molecule has 0 aliphatic carbocycles. The number of nitrogens with one attached hydrogen (secondary N) is 1. The van der Waals surface area contributed by atoms with E-state index >= 15 is 0 Å². The van der Waals surface area contributed by atoms with Crippen LogP contribution in [-0.4, -0.2) is 46.3 Å². The number of amides is 2. The number of carbonyl (C=O) groups excluding carboxylic acids is 3. The predicted octanol–water partition coefficient (Wildman–Crippen LogP) is -0.948. The summed E-state index contributed by atoms with van der Waals surface area (Å²) >= 11 is 0. The Kier molecular flexibility index (Phi) is 4.35. The first-order valence-electron chi connectivity index (χ1n) is 6.78. The third kappa shape index (κ3) is 2.64. The van der Waals surface area contributed by atoms with Crippen LogP contribution in [0.4, 0.5) is 10.1 Å². The Morgan fingerprint density at radius 2 is 2.17 bits per heavy atom. The summed E-state index contributed by atoms with van der Waals surface area (Å²) in [6.45, 7) is 0. The van der Waals surface area contributed by atoms with Crippen molar-refractivity contribution < 1.29 is 29.0 Å². The molecule has 124 valence electrons. The van der Waals surface area contributed by atoms with Crippen molar-refractivity contribution in [3.63, 3.8) is 0 Å². The van der Waals surface area contributed by atoms with Gasteiger partial charge in [0.25, 0.3) is 11.8 Å². The Balaban J connectivity index is 2.55. The number of fused-ring (bicyclic) bond motifs is 1. The number of nitrogens with two attached hydrogens (primary N) is 1. The fourth-order valence-corrected chi connectivity index (χ4v) is 2.69. The van der Waals surface area contributed by atoms with Crippen molar-refractivity contribution in [2.75, 3.05) is 12.8 Å². The molecule has 1 aromatic carbocycles. The lowest BCUT2D eigenvalue weighted by Gasteiger charge is -2.34. The molecule has 23 heavy (non-hydrogen) atoms. The predicted molar refractivity (Wildman–Crippen MR) is 76.3 cm³/mol. The van der Waals surface area contributed by atoms with Gasteiger partial charge in [0.15, 0.2) is 0 Å². The number of hydrogen-bond donors (Lipinski definition) is 4. The molecule has 0 spiro atoms. The van der Waals surface area contributed by atoms with Gasteiger partial charge in [-0.1, -0.05) is 0 Å². The number of anilines is 1. The molecule has 0 fully saturated rings. The molecule has 1 aliphatic heterocycles. The lowest BCUT2D eigenvalue weighted by atomic mass is 10.1. The molecule has 0 saturated heterocycles. The van der Waals surface area contributed by atoms with Crippen LogP contribution in [0.5, 0.6) is 0 Å². The average molecular weight is 325 g/mol. The number of rotatable bonds is 5. The Bertz CT molecular complexity index is 677. The minimum atomic E-state index is -2.88. The molecule has 0 saturated carbocycles. The molecule has 5 N–H and O–H groups in total. The van der Waals surface area contributed by atoms with E-state index in [0.717, 1.165) is 12.1 Å². The summed E-state index contributed by atoms with van der Waals surface area (Å²) in [4.78, 5) is 35.5. The van der Waals surface area contributed by atoms with Crippen molar-refractivity contribution in [3.8, 4) is 0 Å². The topological polar surface area (TPSA) is 133 Å². The van der Waals surface area contributed by atoms with Gasteiger partial charge in [-0.2, -0.15) is 0 Å². The Labute approximate surface area is 130 Å². The van der Waals surface area contributed by atoms with Crippen LogP contribution in [0.15, 0.2) is 12.1 Å². The Morgan fingerprint density at radius 1 is 1.52 bits per heavy atom. The molecule has 1 unspecified atom stereocenters. The van der Waals surface area contributed by atoms with Crippen molar-refractivity contribution in [3.05, 3.63) is 29.1 Å². The molecule has 1 aromatic rings. The summed E-state index contributed by atoms with van der Waals surface area (Å²) < 4.78 is 13.5. The highest BCUT2D eigenvalue weighted by Crippen LogP contribution is 2.41. The van der Waals surface area contributed by atoms with Gasteiger partial charge in [-0.05, 0) is 18.6 Å². The van der Waals surface area contributed by atoms with E-state index in [1.54, 1.807) is 0 Å². The number of carbonyl (C=O) groups is 3. The van der Waals surface area contributed by atoms with Crippen LogP contribution in [-0.2, 0) is 15.5 Å². The number of benzene rings is 1. The first-order chi connectivity index (χ1) is 10.8. The van der Waals surface area contributed by atoms with Gasteiger partial charge in [-0.15, -0.1) is 0 Å². The molecule has 1 atom stereocenters. The van der Waals surface area contributed by atoms with Gasteiger partial charge < -0.3 is 26.1 Å². The average Bonchev–Trinajstić information content (AvgIpc) is 2.67. The number of nitrogen functional groups attached to an aromatic ring is 1. The van der Waals surface area contributed by atoms with Crippen molar-refractivity contribution >= 4 is 23.8 Å². The third-order valence-electron chi connectivity index (χ3n) is 3.67. The zero-order chi connectivity index (χ0) is 17.4. The van der Waals surface area contributed by atoms with E-state index in [9.17, 15) is 29.0 Å². The van der Waals surface area contributed by atoms with Crippen molar-refractivity contribution in [2.45, 2.75) is 24.8 Å². The summed E-state index contributed by atoms with van der Waals surface area (Å²) in [5.41, 5.74) is 4.53. The van der Waals surface area contributed by atoms with Crippen LogP contribution in [0.3, 0.4) is 0 Å². The third-order valence-corrected chi connectivity index (χ3v) is 3.67. The molecule has 0 radical (unpaired) electrons. The van der Waals surface area contributed by atoms with E-state index in [1.807, 2.05) is 0 Å². The first kappa shape index (κ1) is 16.8. The van der Waals surface area contributed by atoms with Gasteiger partial charge in [0.2, 0.25) is 5.91 Å². The summed E-state index contributed by atoms with van der Waals surface area (Å²) in [5, 5.41) is 23.0. The number of aldehydes is 1. The van der Waals surface area contributed by atoms with Gasteiger partial charge in [-0.3, -0.25) is 14.5 Å². The number of hydrogen-bond acceptors (Lipinski definition) is 6. The van der Waals surface area contributed by atoms with Gasteiger partial charge >= 0.3 is 0 Å². The lowest BCUT2D eigenvalue weighted by Crippen LogP contribution is -2.55. The maximum Gasteiger partial charge on any atom is 0.281 e. The second-order valence-corrected chi connectivity index (χ2v) is 5.10. The molecule has 1 heterocycles. The summed E-state index contributed by atoms with van der Waals surface area (Å²) in [7, 11) is 1.30. The highest BCUT2D eigenvalue weighted by atomic mass is 19.1. The number of halogens is 1. The minimum Gasteiger partial charge on any atom is -0.398 e. The van der Waals surface area contributed by atoms with E-state index in [1.165, 1.54) is 7.05 Å². The van der Waals surface area contributed by atoms with Crippen LogP contribution in [0.2, 0.25) is 0 Å². The largest absolute Gasteiger partial charge is 0.398 e. The quantitative estimate of drug-likeness (QED) is 0.313. The SMILES string of the molecule is CNC(=O)C(CCC=O)N1C(=O)c2cc(F)cc(N)c2C1(O)O. The molecule has 1 aliphatic rings. The highest BCUT2D eigenvalue weighted by Gasteiger charge is 2.53. The molecule has 0 bridgehead atoms. The van der Waals surface area contributed by atoms with Crippen molar-refractivity contribution in [2.24, 2.45) is 0 Å².